The number of hydrogen-bond acceptors (Lipinski definition) is 4. The molecule has 0 aromatic heterocycles. The number of esters is 1. The smallest absolute Gasteiger partial charge is 0.310 e. The number of hydrogen-bond donors (Lipinski definition) is 1. The molecular formula is C13H13F2NO3. The summed E-state index contributed by atoms with van der Waals surface area (Å²) in [5.41, 5.74) is -0.0293. The van der Waals surface area contributed by atoms with Crippen molar-refractivity contribution < 1.29 is 23.4 Å². The van der Waals surface area contributed by atoms with Crippen molar-refractivity contribution in [3.8, 4) is 6.07 Å². The molecule has 1 N–H and O–H groups in total. The number of aliphatic hydroxyl groups is 1. The standard InChI is InChI=1S/C13H13F2NO3/c1-2-19-12(18)5-11-9(6-16)3-8(13(14)15)4-10(11)7-17/h3-4,13,17H,2,5,7H2,1H3. The van der Waals surface area contributed by atoms with Crippen molar-refractivity contribution in [2.45, 2.75) is 26.4 Å². The van der Waals surface area contributed by atoms with E-state index in [1.54, 1.807) is 13.0 Å². The lowest BCUT2D eigenvalue weighted by Crippen LogP contribution is -2.11. The number of aliphatic hydroxyl groups excluding tert-OH is 1. The zero-order valence-corrected chi connectivity index (χ0v) is 10.3. The van der Waals surface area contributed by atoms with Crippen LogP contribution in [0, 0.1) is 11.3 Å². The normalized spacial score (nSPS) is 10.3. The highest BCUT2D eigenvalue weighted by Gasteiger charge is 2.18. The van der Waals surface area contributed by atoms with Crippen LogP contribution in [0.5, 0.6) is 0 Å². The van der Waals surface area contributed by atoms with Crippen LogP contribution in [0.15, 0.2) is 12.1 Å². The van der Waals surface area contributed by atoms with E-state index in [2.05, 4.69) is 0 Å². The highest BCUT2D eigenvalue weighted by Crippen LogP contribution is 2.25. The van der Waals surface area contributed by atoms with E-state index in [9.17, 15) is 18.7 Å². The summed E-state index contributed by atoms with van der Waals surface area (Å²) in [6.07, 6.45) is -2.97. The summed E-state index contributed by atoms with van der Waals surface area (Å²) in [5.74, 6) is -0.571. The van der Waals surface area contributed by atoms with Gasteiger partial charge in [-0.15, -0.1) is 0 Å². The van der Waals surface area contributed by atoms with Crippen LogP contribution in [-0.2, 0) is 22.6 Å². The van der Waals surface area contributed by atoms with Gasteiger partial charge in [0.05, 0.1) is 31.3 Å². The Balaban J connectivity index is 3.22. The van der Waals surface area contributed by atoms with Gasteiger partial charge in [-0.2, -0.15) is 5.26 Å². The second-order valence-corrected chi connectivity index (χ2v) is 3.76. The van der Waals surface area contributed by atoms with Crippen molar-refractivity contribution in [2.75, 3.05) is 6.61 Å². The molecule has 19 heavy (non-hydrogen) atoms. The Morgan fingerprint density at radius 2 is 2.21 bits per heavy atom. The molecule has 0 saturated heterocycles. The lowest BCUT2D eigenvalue weighted by atomic mass is 9.96. The van der Waals surface area contributed by atoms with E-state index in [1.165, 1.54) is 0 Å². The largest absolute Gasteiger partial charge is 0.466 e. The minimum atomic E-state index is -2.74. The number of carbonyl (C=O) groups is 1. The summed E-state index contributed by atoms with van der Waals surface area (Å²) >= 11 is 0. The van der Waals surface area contributed by atoms with Gasteiger partial charge >= 0.3 is 5.97 Å². The Morgan fingerprint density at radius 1 is 1.53 bits per heavy atom. The molecule has 0 spiro atoms. The zero-order valence-electron chi connectivity index (χ0n) is 10.3. The van der Waals surface area contributed by atoms with Gasteiger partial charge in [0.1, 0.15) is 0 Å². The topological polar surface area (TPSA) is 70.3 Å². The second-order valence-electron chi connectivity index (χ2n) is 3.76. The van der Waals surface area contributed by atoms with Crippen LogP contribution in [0.25, 0.3) is 0 Å². The minimum Gasteiger partial charge on any atom is -0.466 e. The van der Waals surface area contributed by atoms with E-state index in [-0.39, 0.29) is 35.3 Å². The first-order chi connectivity index (χ1) is 9.03. The number of carbonyl (C=O) groups excluding carboxylic acids is 1. The summed E-state index contributed by atoms with van der Waals surface area (Å²) in [6, 6.07) is 3.88. The molecule has 0 aliphatic rings. The number of nitriles is 1. The summed E-state index contributed by atoms with van der Waals surface area (Å²) in [7, 11) is 0. The molecule has 0 aliphatic heterocycles. The van der Waals surface area contributed by atoms with Crippen LogP contribution in [0.4, 0.5) is 8.78 Å². The van der Waals surface area contributed by atoms with E-state index in [4.69, 9.17) is 10.00 Å². The summed E-state index contributed by atoms with van der Waals surface area (Å²) in [5, 5.41) is 18.1. The predicted octanol–water partition coefficient (Wildman–Crippen LogP) is 2.09. The van der Waals surface area contributed by atoms with Crippen molar-refractivity contribution in [2.24, 2.45) is 0 Å². The average Bonchev–Trinajstić information content (AvgIpc) is 2.38. The fraction of sp³-hybridized carbons (Fsp3) is 0.385. The summed E-state index contributed by atoms with van der Waals surface area (Å²) in [4.78, 5) is 11.4. The monoisotopic (exact) mass is 269 g/mol. The highest BCUT2D eigenvalue weighted by atomic mass is 19.3. The molecule has 0 amide bonds. The first-order valence-corrected chi connectivity index (χ1v) is 5.63. The van der Waals surface area contributed by atoms with Crippen molar-refractivity contribution in [1.82, 2.24) is 0 Å². The molecule has 0 bridgehead atoms. The summed E-state index contributed by atoms with van der Waals surface area (Å²) < 4.78 is 30.0. The highest BCUT2D eigenvalue weighted by molar-refractivity contribution is 5.74. The molecule has 1 aromatic rings. The second kappa shape index (κ2) is 6.81. The number of rotatable bonds is 5. The number of nitrogens with zero attached hydrogens (tertiary/aromatic N) is 1. The van der Waals surface area contributed by atoms with Gasteiger partial charge in [-0.25, -0.2) is 8.78 Å². The molecule has 6 heteroatoms. The van der Waals surface area contributed by atoms with Crippen LogP contribution in [-0.4, -0.2) is 17.7 Å². The van der Waals surface area contributed by atoms with Gasteiger partial charge in [0, 0.05) is 5.56 Å². The van der Waals surface area contributed by atoms with Crippen molar-refractivity contribution in [3.05, 3.63) is 34.4 Å². The van der Waals surface area contributed by atoms with Gasteiger partial charge < -0.3 is 9.84 Å². The average molecular weight is 269 g/mol. The summed E-state index contributed by atoms with van der Waals surface area (Å²) in [6.45, 7) is 1.30. The van der Waals surface area contributed by atoms with E-state index in [0.717, 1.165) is 12.1 Å². The zero-order chi connectivity index (χ0) is 14.4. The number of halogens is 2. The van der Waals surface area contributed by atoms with Gasteiger partial charge in [-0.1, -0.05) is 0 Å². The Hall–Kier alpha value is -2.00. The third-order valence-corrected chi connectivity index (χ3v) is 2.53. The number of benzene rings is 1. The maximum absolute atomic E-state index is 12.6. The van der Waals surface area contributed by atoms with E-state index in [0.29, 0.717) is 0 Å². The van der Waals surface area contributed by atoms with E-state index >= 15 is 0 Å². The molecule has 0 radical (unpaired) electrons. The molecule has 1 aromatic carbocycles. The van der Waals surface area contributed by atoms with Crippen molar-refractivity contribution in [1.29, 1.82) is 5.26 Å². The molecular weight excluding hydrogens is 256 g/mol. The first kappa shape index (κ1) is 15.1. The fourth-order valence-corrected chi connectivity index (χ4v) is 1.69. The molecule has 0 saturated carbocycles. The lowest BCUT2D eigenvalue weighted by Gasteiger charge is -2.11. The van der Waals surface area contributed by atoms with Crippen molar-refractivity contribution in [3.63, 3.8) is 0 Å². The van der Waals surface area contributed by atoms with E-state index < -0.39 is 19.0 Å². The van der Waals surface area contributed by atoms with Crippen LogP contribution < -0.4 is 0 Å². The first-order valence-electron chi connectivity index (χ1n) is 5.63. The number of alkyl halides is 2. The maximum Gasteiger partial charge on any atom is 0.310 e. The van der Waals surface area contributed by atoms with Gasteiger partial charge in [0.15, 0.2) is 0 Å². The molecule has 0 aliphatic carbocycles. The third kappa shape index (κ3) is 3.73. The molecule has 1 rings (SSSR count). The molecule has 4 nitrogen and oxygen atoms in total. The maximum atomic E-state index is 12.6. The van der Waals surface area contributed by atoms with Crippen LogP contribution in [0.3, 0.4) is 0 Å². The van der Waals surface area contributed by atoms with Gasteiger partial charge in [0.25, 0.3) is 6.43 Å². The van der Waals surface area contributed by atoms with E-state index in [1.807, 2.05) is 0 Å². The Bertz CT molecular complexity index is 509. The Kier molecular flexibility index (Phi) is 5.39. The Labute approximate surface area is 109 Å². The quantitative estimate of drug-likeness (QED) is 0.831. The number of ether oxygens (including phenoxy) is 1. The fourth-order valence-electron chi connectivity index (χ4n) is 1.69. The molecule has 102 valence electrons. The Morgan fingerprint density at radius 3 is 2.68 bits per heavy atom. The SMILES string of the molecule is CCOC(=O)Cc1c(C#N)cc(C(F)F)cc1CO. The van der Waals surface area contributed by atoms with Crippen LogP contribution in [0.2, 0.25) is 0 Å². The predicted molar refractivity (Wildman–Crippen MR) is 62.4 cm³/mol. The molecule has 0 atom stereocenters. The minimum absolute atomic E-state index is 0.0464. The lowest BCUT2D eigenvalue weighted by molar-refractivity contribution is -0.142. The van der Waals surface area contributed by atoms with Gasteiger partial charge in [0.2, 0.25) is 0 Å². The van der Waals surface area contributed by atoms with Gasteiger partial charge in [-0.05, 0) is 30.2 Å². The van der Waals surface area contributed by atoms with Crippen LogP contribution >= 0.6 is 0 Å². The van der Waals surface area contributed by atoms with Gasteiger partial charge in [-0.3, -0.25) is 4.79 Å². The molecule has 0 unspecified atom stereocenters. The molecule has 0 fully saturated rings. The van der Waals surface area contributed by atoms with Crippen LogP contribution in [0.1, 0.15) is 35.6 Å². The third-order valence-electron chi connectivity index (χ3n) is 2.53. The van der Waals surface area contributed by atoms with Crippen molar-refractivity contribution >= 4 is 5.97 Å². The molecule has 0 heterocycles.